The molecule has 92 valence electrons. The Morgan fingerprint density at radius 1 is 1.00 bits per heavy atom. The minimum absolute atomic E-state index is 0.0794. The molecule has 2 aromatic rings. The highest BCUT2D eigenvalue weighted by molar-refractivity contribution is 5.69. The minimum Gasteiger partial charge on any atom is -0.481 e. The van der Waals surface area contributed by atoms with Gasteiger partial charge in [-0.15, -0.1) is 0 Å². The number of rotatable bonds is 4. The van der Waals surface area contributed by atoms with Crippen LogP contribution >= 0.6 is 0 Å². The van der Waals surface area contributed by atoms with Crippen molar-refractivity contribution in [2.24, 2.45) is 0 Å². The van der Waals surface area contributed by atoms with Gasteiger partial charge in [-0.05, 0) is 18.1 Å². The molecule has 0 spiro atoms. The van der Waals surface area contributed by atoms with Gasteiger partial charge in [0.05, 0.1) is 6.42 Å². The maximum Gasteiger partial charge on any atom is 0.304 e. The van der Waals surface area contributed by atoms with Crippen LogP contribution in [0.25, 0.3) is 0 Å². The van der Waals surface area contributed by atoms with Gasteiger partial charge >= 0.3 is 5.97 Å². The molecule has 0 saturated heterocycles. The average Bonchev–Trinajstić information content (AvgIpc) is 2.38. The van der Waals surface area contributed by atoms with Crippen LogP contribution in [0.1, 0.15) is 29.0 Å². The molecule has 0 fully saturated rings. The molecule has 0 aliphatic heterocycles. The molecule has 18 heavy (non-hydrogen) atoms. The molecule has 0 radical (unpaired) electrons. The standard InChI is InChI=1S/C16H16O2/c1-12-7-9-14(10-8-12)15(11-16(17)18)13-5-3-2-4-6-13/h2-10,15H,11H2,1H3,(H,17,18)/i16+1. The van der Waals surface area contributed by atoms with Crippen molar-refractivity contribution >= 4 is 5.97 Å². The lowest BCUT2D eigenvalue weighted by molar-refractivity contribution is -0.137. The zero-order valence-electron chi connectivity index (χ0n) is 10.3. The van der Waals surface area contributed by atoms with Crippen molar-refractivity contribution in [3.8, 4) is 0 Å². The van der Waals surface area contributed by atoms with Crippen LogP contribution in [0.4, 0.5) is 0 Å². The lowest BCUT2D eigenvalue weighted by Gasteiger charge is -2.16. The van der Waals surface area contributed by atoms with Gasteiger partial charge < -0.3 is 5.11 Å². The van der Waals surface area contributed by atoms with Crippen LogP contribution in [0, 0.1) is 6.92 Å². The molecule has 0 aromatic heterocycles. The Morgan fingerprint density at radius 3 is 2.11 bits per heavy atom. The van der Waals surface area contributed by atoms with Gasteiger partial charge in [0.15, 0.2) is 0 Å². The summed E-state index contributed by atoms with van der Waals surface area (Å²) in [5.41, 5.74) is 3.28. The van der Waals surface area contributed by atoms with E-state index in [0.29, 0.717) is 0 Å². The first kappa shape index (κ1) is 12.4. The van der Waals surface area contributed by atoms with Crippen molar-refractivity contribution in [3.05, 3.63) is 71.3 Å². The third-order valence-electron chi connectivity index (χ3n) is 3.06. The van der Waals surface area contributed by atoms with E-state index in [0.717, 1.165) is 11.1 Å². The number of carboxylic acids is 1. The van der Waals surface area contributed by atoms with Crippen molar-refractivity contribution < 1.29 is 9.90 Å². The van der Waals surface area contributed by atoms with Crippen LogP contribution in [-0.2, 0) is 4.79 Å². The average molecular weight is 241 g/mol. The molecular weight excluding hydrogens is 225 g/mol. The van der Waals surface area contributed by atoms with Crippen LogP contribution in [0.15, 0.2) is 54.6 Å². The summed E-state index contributed by atoms with van der Waals surface area (Å²) in [6.45, 7) is 2.03. The Bertz CT molecular complexity index is 515. The Balaban J connectivity index is 2.36. The summed E-state index contributed by atoms with van der Waals surface area (Å²) in [7, 11) is 0. The first-order valence-electron chi connectivity index (χ1n) is 6.00. The number of aryl methyl sites for hydroxylation is 1. The number of carbonyl (C=O) groups is 1. The van der Waals surface area contributed by atoms with E-state index in [-0.39, 0.29) is 12.3 Å². The van der Waals surface area contributed by atoms with E-state index in [1.54, 1.807) is 0 Å². The van der Waals surface area contributed by atoms with Crippen LogP contribution in [-0.4, -0.2) is 11.1 Å². The van der Waals surface area contributed by atoms with Gasteiger partial charge in [0.1, 0.15) is 0 Å². The van der Waals surface area contributed by atoms with Gasteiger partial charge in [0, 0.05) is 5.92 Å². The smallest absolute Gasteiger partial charge is 0.304 e. The van der Waals surface area contributed by atoms with E-state index in [4.69, 9.17) is 5.11 Å². The highest BCUT2D eigenvalue weighted by atomic mass is 16.5. The fraction of sp³-hybridized carbons (Fsp3) is 0.188. The topological polar surface area (TPSA) is 37.3 Å². The molecule has 1 unspecified atom stereocenters. The highest BCUT2D eigenvalue weighted by Gasteiger charge is 2.17. The molecule has 0 aliphatic rings. The third kappa shape index (κ3) is 2.98. The van der Waals surface area contributed by atoms with E-state index in [2.05, 4.69) is 0 Å². The Hall–Kier alpha value is -2.09. The molecule has 2 rings (SSSR count). The van der Waals surface area contributed by atoms with Gasteiger partial charge in [-0.3, -0.25) is 4.79 Å². The quantitative estimate of drug-likeness (QED) is 0.830. The van der Waals surface area contributed by atoms with Gasteiger partial charge in [0.25, 0.3) is 0 Å². The molecule has 0 aliphatic carbocycles. The second-order valence-electron chi connectivity index (χ2n) is 4.47. The molecule has 0 heterocycles. The highest BCUT2D eigenvalue weighted by Crippen LogP contribution is 2.28. The summed E-state index contributed by atoms with van der Waals surface area (Å²) in [5, 5.41) is 9.06. The molecule has 2 aromatic carbocycles. The summed E-state index contributed by atoms with van der Waals surface area (Å²) in [5.74, 6) is -0.853. The van der Waals surface area contributed by atoms with Crippen molar-refractivity contribution in [1.82, 2.24) is 0 Å². The number of hydrogen-bond donors (Lipinski definition) is 1. The Morgan fingerprint density at radius 2 is 1.56 bits per heavy atom. The zero-order chi connectivity index (χ0) is 13.0. The monoisotopic (exact) mass is 241 g/mol. The first-order chi connectivity index (χ1) is 8.66. The maximum atomic E-state index is 11.0. The van der Waals surface area contributed by atoms with Gasteiger partial charge in [-0.2, -0.15) is 0 Å². The number of benzene rings is 2. The third-order valence-corrected chi connectivity index (χ3v) is 3.06. The van der Waals surface area contributed by atoms with E-state index in [9.17, 15) is 4.79 Å². The molecule has 1 N–H and O–H groups in total. The summed E-state index contributed by atoms with van der Waals surface area (Å²) >= 11 is 0. The second-order valence-corrected chi connectivity index (χ2v) is 4.47. The molecule has 0 bridgehead atoms. The predicted octanol–water partition coefficient (Wildman–Crippen LogP) is 3.60. The van der Waals surface area contributed by atoms with Crippen molar-refractivity contribution in [2.45, 2.75) is 19.3 Å². The molecule has 0 amide bonds. The number of hydrogen-bond acceptors (Lipinski definition) is 1. The fourth-order valence-electron chi connectivity index (χ4n) is 2.09. The number of carboxylic acid groups (broad SMARTS) is 1. The minimum atomic E-state index is -0.774. The molecule has 2 heteroatoms. The fourth-order valence-corrected chi connectivity index (χ4v) is 2.09. The summed E-state index contributed by atoms with van der Waals surface area (Å²) in [6.07, 6.45) is 0.118. The van der Waals surface area contributed by atoms with Crippen LogP contribution in [0.5, 0.6) is 0 Å². The SMILES string of the molecule is Cc1ccc(C(C[13C](=O)O)c2ccccc2)cc1. The molecular formula is C16H16O2. The molecule has 1 atom stereocenters. The zero-order valence-corrected chi connectivity index (χ0v) is 10.3. The number of aliphatic carboxylic acids is 1. The van der Waals surface area contributed by atoms with E-state index in [1.165, 1.54) is 5.56 Å². The lowest BCUT2D eigenvalue weighted by atomic mass is 9.90. The summed E-state index contributed by atoms with van der Waals surface area (Å²) < 4.78 is 0. The largest absolute Gasteiger partial charge is 0.481 e. The van der Waals surface area contributed by atoms with Crippen molar-refractivity contribution in [3.63, 3.8) is 0 Å². The summed E-state index contributed by atoms with van der Waals surface area (Å²) in [6, 6.07) is 17.8. The van der Waals surface area contributed by atoms with E-state index in [1.807, 2.05) is 61.5 Å². The van der Waals surface area contributed by atoms with Crippen LogP contribution < -0.4 is 0 Å². The van der Waals surface area contributed by atoms with Crippen molar-refractivity contribution in [2.75, 3.05) is 0 Å². The van der Waals surface area contributed by atoms with Crippen molar-refractivity contribution in [1.29, 1.82) is 0 Å². The molecule has 0 saturated carbocycles. The Kier molecular flexibility index (Phi) is 3.78. The molecule has 2 nitrogen and oxygen atoms in total. The Labute approximate surface area is 107 Å². The normalized spacial score (nSPS) is 12.1. The van der Waals surface area contributed by atoms with E-state index < -0.39 is 5.97 Å². The van der Waals surface area contributed by atoms with Crippen LogP contribution in [0.3, 0.4) is 0 Å². The maximum absolute atomic E-state index is 11.0. The second kappa shape index (κ2) is 5.50. The first-order valence-corrected chi connectivity index (χ1v) is 6.00. The van der Waals surface area contributed by atoms with Crippen LogP contribution in [0.2, 0.25) is 0 Å². The van der Waals surface area contributed by atoms with Gasteiger partial charge in [-0.25, -0.2) is 0 Å². The lowest BCUT2D eigenvalue weighted by Crippen LogP contribution is -2.07. The predicted molar refractivity (Wildman–Crippen MR) is 71.7 cm³/mol. The van der Waals surface area contributed by atoms with Gasteiger partial charge in [-0.1, -0.05) is 60.2 Å². The van der Waals surface area contributed by atoms with E-state index >= 15 is 0 Å². The summed E-state index contributed by atoms with van der Waals surface area (Å²) in [4.78, 5) is 11.0. The van der Waals surface area contributed by atoms with Gasteiger partial charge in [0.2, 0.25) is 0 Å².